The topological polar surface area (TPSA) is 28.2 Å². The van der Waals surface area contributed by atoms with Gasteiger partial charge >= 0.3 is 6.85 Å². The van der Waals surface area contributed by atoms with Gasteiger partial charge in [0.05, 0.1) is 5.69 Å². The molecule has 0 bridgehead atoms. The zero-order chi connectivity index (χ0) is 33.0. The van der Waals surface area contributed by atoms with Crippen molar-refractivity contribution in [2.75, 3.05) is 11.4 Å². The van der Waals surface area contributed by atoms with Crippen LogP contribution < -0.4 is 15.6 Å². The van der Waals surface area contributed by atoms with Gasteiger partial charge in [0.15, 0.2) is 0 Å². The van der Waals surface area contributed by atoms with Gasteiger partial charge in [-0.05, 0) is 99.7 Å². The number of nitrogens with one attached hydrogen (secondary N) is 1. The molecular formula is C46H34BN3. The van der Waals surface area contributed by atoms with Gasteiger partial charge in [-0.3, -0.25) is 4.98 Å². The Morgan fingerprint density at radius 2 is 1.28 bits per heavy atom. The molecule has 0 radical (unpaired) electrons. The Morgan fingerprint density at radius 1 is 0.600 bits per heavy atom. The fourth-order valence-electron chi connectivity index (χ4n) is 8.25. The van der Waals surface area contributed by atoms with Crippen LogP contribution in [0.5, 0.6) is 0 Å². The Labute approximate surface area is 293 Å². The van der Waals surface area contributed by atoms with Crippen LogP contribution in [0.3, 0.4) is 0 Å². The lowest BCUT2D eigenvalue weighted by Crippen LogP contribution is -2.53. The first-order valence-corrected chi connectivity index (χ1v) is 17.6. The lowest BCUT2D eigenvalue weighted by atomic mass is 9.41. The molecule has 6 aromatic rings. The molecule has 0 amide bonds. The van der Waals surface area contributed by atoms with Gasteiger partial charge in [0.2, 0.25) is 0 Å². The number of benzene rings is 5. The summed E-state index contributed by atoms with van der Waals surface area (Å²) in [5.41, 5.74) is 20.2. The molecule has 4 aliphatic rings. The molecule has 4 heteroatoms. The Bertz CT molecular complexity index is 2420. The van der Waals surface area contributed by atoms with E-state index in [0.717, 1.165) is 30.6 Å². The van der Waals surface area contributed by atoms with Crippen LogP contribution in [-0.4, -0.2) is 18.4 Å². The summed E-state index contributed by atoms with van der Waals surface area (Å²) in [7, 11) is 0. The van der Waals surface area contributed by atoms with Gasteiger partial charge in [-0.25, -0.2) is 0 Å². The standard InChI is InChI=1S/C46H34BN3/c1-3-11-41-37(9-1)39-29-35(31-15-19-33(20-16-31)43-13-5-7-27-48-43)23-25-45(39)50-46-26-24-36(30-40(46)38-10-2-4-12-42(38)47(41)50)32-17-21-34(22-18-32)44-14-6-8-28-49-44/h1-3,5-11,13-26,28-30,48H,4,12,27H2. The van der Waals surface area contributed by atoms with Crippen molar-refractivity contribution in [2.45, 2.75) is 12.8 Å². The van der Waals surface area contributed by atoms with E-state index in [2.05, 4.69) is 161 Å². The van der Waals surface area contributed by atoms with Crippen LogP contribution in [0.25, 0.3) is 55.9 Å². The molecule has 4 heterocycles. The summed E-state index contributed by atoms with van der Waals surface area (Å²) in [5.74, 6) is 0. The monoisotopic (exact) mass is 639 g/mol. The van der Waals surface area contributed by atoms with Gasteiger partial charge in [-0.1, -0.05) is 121 Å². The average Bonchev–Trinajstić information content (AvgIpc) is 3.21. The molecule has 0 saturated heterocycles. The molecule has 3 nitrogen and oxygen atoms in total. The highest BCUT2D eigenvalue weighted by atomic mass is 15.1. The number of nitrogens with zero attached hydrogens (tertiary/aromatic N) is 2. The Morgan fingerprint density at radius 3 is 2.02 bits per heavy atom. The first kappa shape index (κ1) is 28.8. The van der Waals surface area contributed by atoms with E-state index in [0.29, 0.717) is 0 Å². The van der Waals surface area contributed by atoms with E-state index in [1.54, 1.807) is 0 Å². The fraction of sp³-hybridized carbons (Fsp3) is 0.0652. The largest absolute Gasteiger partial charge is 0.381 e. The summed E-state index contributed by atoms with van der Waals surface area (Å²) in [6.07, 6.45) is 15.1. The maximum absolute atomic E-state index is 4.55. The SMILES string of the molecule is C1=CCNC(c2ccc(-c3ccc4c(c3)-c3ccccc3B3C5=C(C=CCC5)c5cc(-c6ccc(-c7ccccn7)cc6)ccc5N34)cc2)=C1. The molecule has 0 unspecified atom stereocenters. The minimum Gasteiger partial charge on any atom is -0.381 e. The third kappa shape index (κ3) is 4.71. The minimum absolute atomic E-state index is 0.171. The van der Waals surface area contributed by atoms with Gasteiger partial charge in [-0.2, -0.15) is 0 Å². The zero-order valence-electron chi connectivity index (χ0n) is 27.7. The number of anilines is 2. The number of aromatic nitrogens is 1. The summed E-state index contributed by atoms with van der Waals surface area (Å²) in [6, 6.07) is 47.0. The molecule has 1 aliphatic carbocycles. The second-order valence-electron chi connectivity index (χ2n) is 13.5. The number of hydrogen-bond acceptors (Lipinski definition) is 3. The second-order valence-corrected chi connectivity index (χ2v) is 13.5. The van der Waals surface area contributed by atoms with Crippen LogP contribution in [0.15, 0.2) is 169 Å². The molecule has 10 rings (SSSR count). The number of hydrogen-bond donors (Lipinski definition) is 1. The van der Waals surface area contributed by atoms with E-state index >= 15 is 0 Å². The maximum atomic E-state index is 4.55. The number of pyridine rings is 1. The minimum atomic E-state index is 0.171. The molecular weight excluding hydrogens is 605 g/mol. The zero-order valence-corrected chi connectivity index (χ0v) is 27.7. The summed E-state index contributed by atoms with van der Waals surface area (Å²) < 4.78 is 0. The van der Waals surface area contributed by atoms with Crippen molar-refractivity contribution in [3.05, 3.63) is 181 Å². The van der Waals surface area contributed by atoms with Crippen molar-refractivity contribution < 1.29 is 0 Å². The van der Waals surface area contributed by atoms with Gasteiger partial charge < -0.3 is 10.1 Å². The lowest BCUT2D eigenvalue weighted by Gasteiger charge is -2.45. The molecule has 50 heavy (non-hydrogen) atoms. The Hall–Kier alpha value is -6.13. The van der Waals surface area contributed by atoms with Gasteiger partial charge in [-0.15, -0.1) is 0 Å². The summed E-state index contributed by atoms with van der Waals surface area (Å²) >= 11 is 0. The molecule has 0 spiro atoms. The number of fused-ring (bicyclic) bond motifs is 10. The van der Waals surface area contributed by atoms with E-state index in [4.69, 9.17) is 0 Å². The van der Waals surface area contributed by atoms with E-state index in [-0.39, 0.29) is 6.85 Å². The van der Waals surface area contributed by atoms with Crippen molar-refractivity contribution in [2.24, 2.45) is 0 Å². The summed E-state index contributed by atoms with van der Waals surface area (Å²) in [6.45, 7) is 1.04. The van der Waals surface area contributed by atoms with Crippen LogP contribution in [0.2, 0.25) is 0 Å². The number of allylic oxidation sites excluding steroid dienone is 6. The summed E-state index contributed by atoms with van der Waals surface area (Å²) in [4.78, 5) is 7.17. The number of dihydropyridines is 1. The van der Waals surface area contributed by atoms with Gasteiger partial charge in [0, 0.05) is 46.5 Å². The average molecular weight is 640 g/mol. The molecule has 1 N–H and O–H groups in total. The molecule has 0 saturated carbocycles. The first-order valence-electron chi connectivity index (χ1n) is 17.6. The van der Waals surface area contributed by atoms with Crippen molar-refractivity contribution in [3.63, 3.8) is 0 Å². The van der Waals surface area contributed by atoms with Crippen molar-refractivity contribution in [1.29, 1.82) is 0 Å². The molecule has 5 aromatic carbocycles. The summed E-state index contributed by atoms with van der Waals surface area (Å²) in [5, 5.41) is 3.48. The van der Waals surface area contributed by atoms with E-state index < -0.39 is 0 Å². The predicted octanol–water partition coefficient (Wildman–Crippen LogP) is 10.3. The molecule has 3 aliphatic heterocycles. The van der Waals surface area contributed by atoms with Gasteiger partial charge in [0.25, 0.3) is 0 Å². The van der Waals surface area contributed by atoms with Crippen LogP contribution in [0, 0.1) is 0 Å². The molecule has 1 aromatic heterocycles. The lowest BCUT2D eigenvalue weighted by molar-refractivity contribution is 0.996. The smallest absolute Gasteiger partial charge is 0.325 e. The number of rotatable bonds is 4. The molecule has 0 fully saturated rings. The van der Waals surface area contributed by atoms with Gasteiger partial charge in [0.1, 0.15) is 0 Å². The highest BCUT2D eigenvalue weighted by Crippen LogP contribution is 2.50. The van der Waals surface area contributed by atoms with Crippen molar-refractivity contribution >= 4 is 35.0 Å². The molecule has 236 valence electrons. The van der Waals surface area contributed by atoms with Crippen molar-refractivity contribution in [3.8, 4) is 44.6 Å². The highest BCUT2D eigenvalue weighted by molar-refractivity contribution is 6.87. The maximum Gasteiger partial charge on any atom is 0.325 e. The van der Waals surface area contributed by atoms with E-state index in [9.17, 15) is 0 Å². The van der Waals surface area contributed by atoms with Crippen LogP contribution >= 0.6 is 0 Å². The van der Waals surface area contributed by atoms with E-state index in [1.807, 2.05) is 18.3 Å². The third-order valence-electron chi connectivity index (χ3n) is 10.7. The molecule has 0 atom stereocenters. The quantitative estimate of drug-likeness (QED) is 0.195. The first-order chi connectivity index (χ1) is 24.8. The normalized spacial score (nSPS) is 15.3. The highest BCUT2D eigenvalue weighted by Gasteiger charge is 2.43. The van der Waals surface area contributed by atoms with Crippen LogP contribution in [0.1, 0.15) is 24.0 Å². The fourth-order valence-corrected chi connectivity index (χ4v) is 8.25. The third-order valence-corrected chi connectivity index (χ3v) is 10.7. The predicted molar refractivity (Wildman–Crippen MR) is 210 cm³/mol. The van der Waals surface area contributed by atoms with Crippen LogP contribution in [-0.2, 0) is 0 Å². The van der Waals surface area contributed by atoms with E-state index in [1.165, 1.54) is 78.1 Å². The Kier molecular flexibility index (Phi) is 6.80. The van der Waals surface area contributed by atoms with Crippen molar-refractivity contribution in [1.82, 2.24) is 10.3 Å². The van der Waals surface area contributed by atoms with Crippen LogP contribution in [0.4, 0.5) is 11.4 Å². The second kappa shape index (κ2) is 11.8. The Balaban J connectivity index is 1.08.